The van der Waals surface area contributed by atoms with Crippen molar-refractivity contribution in [3.63, 3.8) is 0 Å². The van der Waals surface area contributed by atoms with Crippen molar-refractivity contribution in [2.24, 2.45) is 5.92 Å². The van der Waals surface area contributed by atoms with Gasteiger partial charge in [-0.15, -0.1) is 0 Å². The van der Waals surface area contributed by atoms with Crippen LogP contribution >= 0.6 is 0 Å². The molecule has 1 atom stereocenters. The average molecular weight is 250 g/mol. The standard InChI is InChI=1S/C9H18N2O4S/c1-10-5-8-3-2-4-11(6-8)16(14,15)7-9(12)13/h8,10H,2-7H2,1H3,(H,12,13). The van der Waals surface area contributed by atoms with Crippen LogP contribution in [0.1, 0.15) is 12.8 Å². The minimum atomic E-state index is -3.63. The lowest BCUT2D eigenvalue weighted by Crippen LogP contribution is -2.44. The zero-order valence-corrected chi connectivity index (χ0v) is 10.2. The molecule has 1 unspecified atom stereocenters. The van der Waals surface area contributed by atoms with Crippen molar-refractivity contribution in [2.75, 3.05) is 32.4 Å². The fourth-order valence-electron chi connectivity index (χ4n) is 1.98. The lowest BCUT2D eigenvalue weighted by molar-refractivity contribution is -0.134. The number of hydrogen-bond donors (Lipinski definition) is 2. The summed E-state index contributed by atoms with van der Waals surface area (Å²) >= 11 is 0. The van der Waals surface area contributed by atoms with Gasteiger partial charge in [-0.25, -0.2) is 12.7 Å². The molecule has 94 valence electrons. The van der Waals surface area contributed by atoms with E-state index in [2.05, 4.69) is 5.32 Å². The number of piperidine rings is 1. The zero-order valence-electron chi connectivity index (χ0n) is 9.35. The molecular formula is C9H18N2O4S. The molecule has 1 rings (SSSR count). The largest absolute Gasteiger partial charge is 0.480 e. The van der Waals surface area contributed by atoms with Crippen molar-refractivity contribution in [2.45, 2.75) is 12.8 Å². The summed E-state index contributed by atoms with van der Waals surface area (Å²) in [7, 11) is -1.80. The molecule has 0 aliphatic carbocycles. The Morgan fingerprint density at radius 2 is 2.25 bits per heavy atom. The van der Waals surface area contributed by atoms with Crippen LogP contribution in [0.3, 0.4) is 0 Å². The zero-order chi connectivity index (χ0) is 12.2. The van der Waals surface area contributed by atoms with Crippen LogP contribution in [0.15, 0.2) is 0 Å². The molecule has 0 saturated carbocycles. The highest BCUT2D eigenvalue weighted by molar-refractivity contribution is 7.89. The maximum absolute atomic E-state index is 11.7. The van der Waals surface area contributed by atoms with Crippen molar-refractivity contribution >= 4 is 16.0 Å². The van der Waals surface area contributed by atoms with E-state index in [-0.39, 0.29) is 5.92 Å². The fraction of sp³-hybridized carbons (Fsp3) is 0.889. The van der Waals surface area contributed by atoms with Gasteiger partial charge < -0.3 is 10.4 Å². The van der Waals surface area contributed by atoms with E-state index in [1.807, 2.05) is 7.05 Å². The molecule has 0 radical (unpaired) electrons. The Labute approximate surface area is 95.7 Å². The van der Waals surface area contributed by atoms with Crippen LogP contribution in [0.5, 0.6) is 0 Å². The Morgan fingerprint density at radius 3 is 2.81 bits per heavy atom. The van der Waals surface area contributed by atoms with Crippen molar-refractivity contribution in [3.8, 4) is 0 Å². The van der Waals surface area contributed by atoms with E-state index < -0.39 is 21.7 Å². The highest BCUT2D eigenvalue weighted by Crippen LogP contribution is 2.18. The van der Waals surface area contributed by atoms with E-state index in [1.54, 1.807) is 0 Å². The highest BCUT2D eigenvalue weighted by Gasteiger charge is 2.30. The molecule has 6 nitrogen and oxygen atoms in total. The minimum Gasteiger partial charge on any atom is -0.480 e. The molecule has 0 amide bonds. The van der Waals surface area contributed by atoms with E-state index in [4.69, 9.17) is 5.11 Å². The quantitative estimate of drug-likeness (QED) is 0.676. The molecule has 0 aromatic carbocycles. The van der Waals surface area contributed by atoms with E-state index in [0.717, 1.165) is 19.4 Å². The first-order valence-electron chi connectivity index (χ1n) is 5.30. The molecule has 1 saturated heterocycles. The van der Waals surface area contributed by atoms with Crippen LogP contribution in [0, 0.1) is 5.92 Å². The fourth-order valence-corrected chi connectivity index (χ4v) is 3.32. The number of nitrogens with zero attached hydrogens (tertiary/aromatic N) is 1. The van der Waals surface area contributed by atoms with Gasteiger partial charge in [-0.3, -0.25) is 4.79 Å². The lowest BCUT2D eigenvalue weighted by atomic mass is 10.00. The van der Waals surface area contributed by atoms with Crippen LogP contribution in [0.25, 0.3) is 0 Å². The van der Waals surface area contributed by atoms with Gasteiger partial charge in [0.15, 0.2) is 5.75 Å². The van der Waals surface area contributed by atoms with Gasteiger partial charge in [0, 0.05) is 13.1 Å². The summed E-state index contributed by atoms with van der Waals surface area (Å²) in [6.07, 6.45) is 1.78. The van der Waals surface area contributed by atoms with Crippen molar-refractivity contribution in [1.29, 1.82) is 0 Å². The van der Waals surface area contributed by atoms with Crippen molar-refractivity contribution in [3.05, 3.63) is 0 Å². The van der Waals surface area contributed by atoms with Crippen LogP contribution in [-0.2, 0) is 14.8 Å². The monoisotopic (exact) mass is 250 g/mol. The third-order valence-corrected chi connectivity index (χ3v) is 4.40. The molecule has 0 spiro atoms. The summed E-state index contributed by atoms with van der Waals surface area (Å²) in [5.41, 5.74) is 0. The summed E-state index contributed by atoms with van der Waals surface area (Å²) in [5, 5.41) is 11.5. The van der Waals surface area contributed by atoms with Gasteiger partial charge in [-0.1, -0.05) is 0 Å². The van der Waals surface area contributed by atoms with Crippen LogP contribution in [-0.4, -0.2) is 56.2 Å². The van der Waals surface area contributed by atoms with Gasteiger partial charge in [0.25, 0.3) is 0 Å². The molecule has 1 fully saturated rings. The van der Waals surface area contributed by atoms with Gasteiger partial charge in [-0.05, 0) is 32.4 Å². The Morgan fingerprint density at radius 1 is 1.56 bits per heavy atom. The molecule has 1 aliphatic heterocycles. The maximum Gasteiger partial charge on any atom is 0.320 e. The maximum atomic E-state index is 11.7. The molecule has 1 aliphatic rings. The Kier molecular flexibility index (Phi) is 4.69. The summed E-state index contributed by atoms with van der Waals surface area (Å²) in [5.74, 6) is -1.82. The van der Waals surface area contributed by atoms with Crippen molar-refractivity contribution in [1.82, 2.24) is 9.62 Å². The predicted octanol–water partition coefficient (Wildman–Crippen LogP) is -0.668. The molecular weight excluding hydrogens is 232 g/mol. The Bertz CT molecular complexity index is 339. The first-order valence-corrected chi connectivity index (χ1v) is 6.91. The molecule has 1 heterocycles. The number of nitrogens with one attached hydrogen (secondary N) is 1. The number of rotatable bonds is 5. The number of carbonyl (C=O) groups is 1. The van der Waals surface area contributed by atoms with E-state index in [1.165, 1.54) is 4.31 Å². The molecule has 16 heavy (non-hydrogen) atoms. The SMILES string of the molecule is CNCC1CCCN(S(=O)(=O)CC(=O)O)C1. The summed E-state index contributed by atoms with van der Waals surface area (Å²) in [4.78, 5) is 10.4. The summed E-state index contributed by atoms with van der Waals surface area (Å²) in [6.45, 7) is 1.63. The first-order chi connectivity index (χ1) is 7.45. The molecule has 0 aromatic heterocycles. The second-order valence-electron chi connectivity index (χ2n) is 4.07. The van der Waals surface area contributed by atoms with E-state index >= 15 is 0 Å². The number of aliphatic carboxylic acids is 1. The van der Waals surface area contributed by atoms with Gasteiger partial charge in [-0.2, -0.15) is 0 Å². The molecule has 7 heteroatoms. The third kappa shape index (κ3) is 3.73. The van der Waals surface area contributed by atoms with Gasteiger partial charge in [0.2, 0.25) is 10.0 Å². The summed E-state index contributed by atoms with van der Waals surface area (Å²) < 4.78 is 24.6. The second-order valence-corrected chi connectivity index (χ2v) is 6.04. The molecule has 2 N–H and O–H groups in total. The number of carboxylic acids is 1. The predicted molar refractivity (Wildman–Crippen MR) is 59.6 cm³/mol. The normalized spacial score (nSPS) is 23.2. The van der Waals surface area contributed by atoms with Crippen LogP contribution < -0.4 is 5.32 Å². The van der Waals surface area contributed by atoms with Crippen molar-refractivity contribution < 1.29 is 18.3 Å². The lowest BCUT2D eigenvalue weighted by Gasteiger charge is -2.31. The smallest absolute Gasteiger partial charge is 0.320 e. The van der Waals surface area contributed by atoms with Crippen LogP contribution in [0.4, 0.5) is 0 Å². The minimum absolute atomic E-state index is 0.280. The highest BCUT2D eigenvalue weighted by atomic mass is 32.2. The van der Waals surface area contributed by atoms with Gasteiger partial charge in [0.05, 0.1) is 0 Å². The van der Waals surface area contributed by atoms with Gasteiger partial charge >= 0.3 is 5.97 Å². The van der Waals surface area contributed by atoms with Crippen LogP contribution in [0.2, 0.25) is 0 Å². The Balaban J connectivity index is 2.62. The topological polar surface area (TPSA) is 86.7 Å². The second kappa shape index (κ2) is 5.60. The van der Waals surface area contributed by atoms with E-state index in [0.29, 0.717) is 13.1 Å². The number of hydrogen-bond acceptors (Lipinski definition) is 4. The summed E-state index contributed by atoms with van der Waals surface area (Å²) in [6, 6.07) is 0. The average Bonchev–Trinajstić information content (AvgIpc) is 2.16. The van der Waals surface area contributed by atoms with Gasteiger partial charge in [0.1, 0.15) is 0 Å². The first kappa shape index (κ1) is 13.4. The number of sulfonamides is 1. The number of carboxylic acid groups (broad SMARTS) is 1. The molecule has 0 aromatic rings. The third-order valence-electron chi connectivity index (χ3n) is 2.67. The molecule has 0 bridgehead atoms. The Hall–Kier alpha value is -0.660. The van der Waals surface area contributed by atoms with E-state index in [9.17, 15) is 13.2 Å².